The molecule has 1 saturated heterocycles. The molecule has 0 amide bonds. The lowest BCUT2D eigenvalue weighted by molar-refractivity contribution is 0.142. The number of hydrogen-bond acceptors (Lipinski definition) is 2. The predicted octanol–water partition coefficient (Wildman–Crippen LogP) is 2.37. The van der Waals surface area contributed by atoms with Gasteiger partial charge >= 0.3 is 0 Å². The first-order valence-corrected chi connectivity index (χ1v) is 5.28. The summed E-state index contributed by atoms with van der Waals surface area (Å²) in [5.74, 6) is 0.988. The molecule has 0 saturated carbocycles. The van der Waals surface area contributed by atoms with Gasteiger partial charge in [-0.1, -0.05) is 26.0 Å². The van der Waals surface area contributed by atoms with Crippen molar-refractivity contribution in [2.24, 2.45) is 0 Å². The van der Waals surface area contributed by atoms with Crippen LogP contribution in [0.4, 0.5) is 0 Å². The lowest BCUT2D eigenvalue weighted by atomic mass is 10.2. The highest BCUT2D eigenvalue weighted by molar-refractivity contribution is 5.27. The van der Waals surface area contributed by atoms with E-state index in [1.165, 1.54) is 5.56 Å². The van der Waals surface area contributed by atoms with Crippen LogP contribution in [0.2, 0.25) is 0 Å². The highest BCUT2D eigenvalue weighted by Crippen LogP contribution is 2.15. The molecule has 0 aliphatic carbocycles. The number of ether oxygens (including phenoxy) is 1. The van der Waals surface area contributed by atoms with Gasteiger partial charge in [-0.2, -0.15) is 0 Å². The Kier molecular flexibility index (Phi) is 4.47. The number of rotatable bonds is 2. The summed E-state index contributed by atoms with van der Waals surface area (Å²) in [5.41, 5.74) is 1.25. The van der Waals surface area contributed by atoms with Crippen LogP contribution < -0.4 is 10.1 Å². The maximum Gasteiger partial charge on any atom is 0.123 e. The Hall–Kier alpha value is -1.02. The largest absolute Gasteiger partial charge is 0.488 e. The topological polar surface area (TPSA) is 21.3 Å². The first-order chi connectivity index (χ1) is 6.84. The molecule has 0 spiro atoms. The molecular formula is C12H19NO. The van der Waals surface area contributed by atoms with Crippen LogP contribution in [0, 0.1) is 6.92 Å². The fraction of sp³-hybridized carbons (Fsp3) is 0.500. The van der Waals surface area contributed by atoms with E-state index in [4.69, 9.17) is 4.74 Å². The zero-order valence-corrected chi connectivity index (χ0v) is 9.21. The van der Waals surface area contributed by atoms with E-state index in [2.05, 4.69) is 24.4 Å². The monoisotopic (exact) mass is 193 g/mol. The molecule has 0 unspecified atom stereocenters. The van der Waals surface area contributed by atoms with Crippen molar-refractivity contribution in [2.45, 2.75) is 26.9 Å². The molecule has 1 heterocycles. The zero-order chi connectivity index (χ0) is 10.4. The molecule has 1 aliphatic heterocycles. The Bertz CT molecular complexity index is 269. The van der Waals surface area contributed by atoms with Gasteiger partial charge in [0.25, 0.3) is 0 Å². The van der Waals surface area contributed by atoms with Gasteiger partial charge in [0.2, 0.25) is 0 Å². The second-order valence-electron chi connectivity index (χ2n) is 3.21. The molecule has 0 aromatic heterocycles. The van der Waals surface area contributed by atoms with Crippen LogP contribution in [-0.2, 0) is 0 Å². The van der Waals surface area contributed by atoms with Crippen LogP contribution in [0.3, 0.4) is 0 Å². The van der Waals surface area contributed by atoms with Gasteiger partial charge in [-0.05, 0) is 24.6 Å². The molecule has 1 aromatic rings. The van der Waals surface area contributed by atoms with E-state index in [-0.39, 0.29) is 0 Å². The summed E-state index contributed by atoms with van der Waals surface area (Å²) in [7, 11) is 0. The van der Waals surface area contributed by atoms with Crippen molar-refractivity contribution in [3.63, 3.8) is 0 Å². The van der Waals surface area contributed by atoms with Crippen LogP contribution in [0.25, 0.3) is 0 Å². The van der Waals surface area contributed by atoms with Crippen LogP contribution in [0.15, 0.2) is 24.3 Å². The first-order valence-electron chi connectivity index (χ1n) is 5.28. The van der Waals surface area contributed by atoms with Gasteiger partial charge in [-0.25, -0.2) is 0 Å². The highest BCUT2D eigenvalue weighted by Gasteiger charge is 2.17. The molecule has 1 N–H and O–H groups in total. The van der Waals surface area contributed by atoms with Gasteiger partial charge in [-0.15, -0.1) is 0 Å². The second-order valence-corrected chi connectivity index (χ2v) is 3.21. The van der Waals surface area contributed by atoms with E-state index in [1.54, 1.807) is 0 Å². The first kappa shape index (κ1) is 11.1. The van der Waals surface area contributed by atoms with E-state index in [9.17, 15) is 0 Å². The number of aryl methyl sites for hydroxylation is 1. The van der Waals surface area contributed by atoms with E-state index in [0.717, 1.165) is 18.8 Å². The molecular weight excluding hydrogens is 174 g/mol. The summed E-state index contributed by atoms with van der Waals surface area (Å²) in [5, 5.41) is 3.17. The van der Waals surface area contributed by atoms with Crippen LogP contribution in [-0.4, -0.2) is 19.2 Å². The standard InChI is InChI=1S/C10H13NO.C2H6/c1-8-3-2-4-9(5-8)12-10-6-11-7-10;1-2/h2-5,10-11H,6-7H2,1H3;1-2H3. The van der Waals surface area contributed by atoms with E-state index >= 15 is 0 Å². The van der Waals surface area contributed by atoms with Gasteiger partial charge in [-0.3, -0.25) is 0 Å². The Balaban J connectivity index is 0.000000461. The average Bonchev–Trinajstić information content (AvgIpc) is 2.15. The summed E-state index contributed by atoms with van der Waals surface area (Å²) in [6, 6.07) is 8.17. The van der Waals surface area contributed by atoms with Crippen LogP contribution in [0.1, 0.15) is 19.4 Å². The van der Waals surface area contributed by atoms with Crippen molar-refractivity contribution in [3.8, 4) is 5.75 Å². The van der Waals surface area contributed by atoms with E-state index in [1.807, 2.05) is 26.0 Å². The third kappa shape index (κ3) is 3.04. The molecule has 0 bridgehead atoms. The summed E-state index contributed by atoms with van der Waals surface area (Å²) in [6.45, 7) is 8.04. The van der Waals surface area contributed by atoms with Crippen LogP contribution >= 0.6 is 0 Å². The van der Waals surface area contributed by atoms with Gasteiger partial charge in [0, 0.05) is 13.1 Å². The molecule has 1 fully saturated rings. The minimum absolute atomic E-state index is 0.381. The number of hydrogen-bond donors (Lipinski definition) is 1. The maximum atomic E-state index is 5.67. The maximum absolute atomic E-state index is 5.67. The zero-order valence-electron chi connectivity index (χ0n) is 9.21. The van der Waals surface area contributed by atoms with Crippen molar-refractivity contribution in [2.75, 3.05) is 13.1 Å². The third-order valence-electron chi connectivity index (χ3n) is 2.04. The SMILES string of the molecule is CC.Cc1cccc(OC2CNC2)c1. The fourth-order valence-corrected chi connectivity index (χ4v) is 1.23. The van der Waals surface area contributed by atoms with E-state index in [0.29, 0.717) is 6.10 Å². The molecule has 1 aliphatic rings. The molecule has 2 heteroatoms. The molecule has 0 radical (unpaired) electrons. The van der Waals surface area contributed by atoms with Gasteiger partial charge in [0.15, 0.2) is 0 Å². The van der Waals surface area contributed by atoms with Crippen LogP contribution in [0.5, 0.6) is 5.75 Å². The average molecular weight is 193 g/mol. The fourth-order valence-electron chi connectivity index (χ4n) is 1.23. The third-order valence-corrected chi connectivity index (χ3v) is 2.04. The Morgan fingerprint density at radius 1 is 1.29 bits per heavy atom. The molecule has 0 atom stereocenters. The number of benzene rings is 1. The summed E-state index contributed by atoms with van der Waals surface area (Å²) < 4.78 is 5.67. The van der Waals surface area contributed by atoms with Gasteiger partial charge < -0.3 is 10.1 Å². The lowest BCUT2D eigenvalue weighted by Crippen LogP contribution is -2.50. The smallest absolute Gasteiger partial charge is 0.123 e. The lowest BCUT2D eigenvalue weighted by Gasteiger charge is -2.27. The molecule has 14 heavy (non-hydrogen) atoms. The van der Waals surface area contributed by atoms with Crippen molar-refractivity contribution >= 4 is 0 Å². The molecule has 2 nitrogen and oxygen atoms in total. The molecule has 2 rings (SSSR count). The minimum Gasteiger partial charge on any atom is -0.488 e. The van der Waals surface area contributed by atoms with E-state index < -0.39 is 0 Å². The number of nitrogens with one attached hydrogen (secondary N) is 1. The van der Waals surface area contributed by atoms with Crippen molar-refractivity contribution in [1.29, 1.82) is 0 Å². The Morgan fingerprint density at radius 2 is 2.00 bits per heavy atom. The van der Waals surface area contributed by atoms with Crippen molar-refractivity contribution in [3.05, 3.63) is 29.8 Å². The van der Waals surface area contributed by atoms with Gasteiger partial charge in [0.05, 0.1) is 0 Å². The van der Waals surface area contributed by atoms with Crippen molar-refractivity contribution in [1.82, 2.24) is 5.32 Å². The second kappa shape index (κ2) is 5.66. The normalized spacial score (nSPS) is 15.1. The van der Waals surface area contributed by atoms with Gasteiger partial charge in [0.1, 0.15) is 11.9 Å². The molecule has 1 aromatic carbocycles. The predicted molar refractivity (Wildman–Crippen MR) is 59.8 cm³/mol. The quantitative estimate of drug-likeness (QED) is 0.778. The highest BCUT2D eigenvalue weighted by atomic mass is 16.5. The summed E-state index contributed by atoms with van der Waals surface area (Å²) in [4.78, 5) is 0. The summed E-state index contributed by atoms with van der Waals surface area (Å²) in [6.07, 6.45) is 0.381. The molecule has 78 valence electrons. The summed E-state index contributed by atoms with van der Waals surface area (Å²) >= 11 is 0. The van der Waals surface area contributed by atoms with Crippen molar-refractivity contribution < 1.29 is 4.74 Å². The minimum atomic E-state index is 0.381. The Labute approximate surface area is 86.3 Å². The Morgan fingerprint density at radius 3 is 2.50 bits per heavy atom.